The van der Waals surface area contributed by atoms with Gasteiger partial charge >= 0.3 is 5.97 Å². The van der Waals surface area contributed by atoms with E-state index in [0.717, 1.165) is 13.1 Å². The number of benzene rings is 1. The molecule has 1 saturated heterocycles. The molecule has 8 nitrogen and oxygen atoms in total. The maximum Gasteiger partial charge on any atom is 0.354 e. The fourth-order valence-corrected chi connectivity index (χ4v) is 4.17. The van der Waals surface area contributed by atoms with Crippen molar-refractivity contribution in [2.24, 2.45) is 7.05 Å². The zero-order valence-electron chi connectivity index (χ0n) is 19.5. The van der Waals surface area contributed by atoms with Crippen LogP contribution in [-0.2, 0) is 16.5 Å². The van der Waals surface area contributed by atoms with Crippen LogP contribution in [0.5, 0.6) is 0 Å². The minimum atomic E-state index is -0.530. The Bertz CT molecular complexity index is 1040. The number of amides is 1. The van der Waals surface area contributed by atoms with Gasteiger partial charge in [-0.3, -0.25) is 14.5 Å². The van der Waals surface area contributed by atoms with E-state index in [0.29, 0.717) is 48.8 Å². The summed E-state index contributed by atoms with van der Waals surface area (Å²) in [5, 5.41) is 0. The molecule has 0 N–H and O–H groups in total. The number of ketones is 1. The number of halogens is 1. The quantitative estimate of drug-likeness (QED) is 0.445. The highest BCUT2D eigenvalue weighted by Crippen LogP contribution is 2.23. The Balaban J connectivity index is 1.86. The number of carbonyl (C=O) groups excluding carboxylic acids is 3. The summed E-state index contributed by atoms with van der Waals surface area (Å²) in [5.74, 6) is -1.76. The van der Waals surface area contributed by atoms with E-state index in [9.17, 15) is 18.8 Å². The first-order valence-corrected chi connectivity index (χ1v) is 10.9. The number of rotatable bonds is 8. The molecule has 0 bridgehead atoms. The molecule has 3 rings (SSSR count). The van der Waals surface area contributed by atoms with Gasteiger partial charge in [0.15, 0.2) is 5.78 Å². The first kappa shape index (κ1) is 24.6. The lowest BCUT2D eigenvalue weighted by Gasteiger charge is -2.30. The maximum atomic E-state index is 13.8. The topological polar surface area (TPSA) is 81.1 Å². The third-order valence-corrected chi connectivity index (χ3v) is 6.07. The van der Waals surface area contributed by atoms with Gasteiger partial charge in [-0.1, -0.05) is 6.07 Å². The summed E-state index contributed by atoms with van der Waals surface area (Å²) >= 11 is 0. The SMILES string of the molecule is COC(=O)c1c(C)c(C(=O)CN(CCN2CCOCC2)C(=O)c2cccc(F)c2)c(C)n1C. The Labute approximate surface area is 192 Å². The van der Waals surface area contributed by atoms with E-state index in [1.54, 1.807) is 25.5 Å². The number of hydrogen-bond acceptors (Lipinski definition) is 6. The van der Waals surface area contributed by atoms with Crippen LogP contribution in [0.2, 0.25) is 0 Å². The molecule has 0 unspecified atom stereocenters. The van der Waals surface area contributed by atoms with Gasteiger partial charge in [-0.25, -0.2) is 9.18 Å². The summed E-state index contributed by atoms with van der Waals surface area (Å²) in [5.41, 5.74) is 2.00. The molecule has 0 saturated carbocycles. The molecule has 1 aromatic carbocycles. The first-order chi connectivity index (χ1) is 15.7. The summed E-state index contributed by atoms with van der Waals surface area (Å²) in [6.07, 6.45) is 0. The van der Waals surface area contributed by atoms with Crippen LogP contribution in [0.25, 0.3) is 0 Å². The number of esters is 1. The molecule has 1 aliphatic heterocycles. The zero-order chi connectivity index (χ0) is 24.1. The van der Waals surface area contributed by atoms with Crippen LogP contribution >= 0.6 is 0 Å². The summed E-state index contributed by atoms with van der Waals surface area (Å²) in [6, 6.07) is 5.44. The molecule has 1 aromatic heterocycles. The Morgan fingerprint density at radius 3 is 2.52 bits per heavy atom. The van der Waals surface area contributed by atoms with E-state index < -0.39 is 17.7 Å². The average Bonchev–Trinajstić information content (AvgIpc) is 3.04. The van der Waals surface area contributed by atoms with Gasteiger partial charge in [0.1, 0.15) is 11.5 Å². The lowest BCUT2D eigenvalue weighted by Crippen LogP contribution is -2.44. The van der Waals surface area contributed by atoms with Crippen molar-refractivity contribution < 1.29 is 28.2 Å². The average molecular weight is 460 g/mol. The number of nitrogens with zero attached hydrogens (tertiary/aromatic N) is 3. The van der Waals surface area contributed by atoms with Gasteiger partial charge in [-0.05, 0) is 37.6 Å². The smallest absolute Gasteiger partial charge is 0.354 e. The Hall–Kier alpha value is -3.04. The van der Waals surface area contributed by atoms with Crippen LogP contribution < -0.4 is 0 Å². The minimum absolute atomic E-state index is 0.182. The Morgan fingerprint density at radius 1 is 1.18 bits per heavy atom. The molecular formula is C24H30FN3O5. The lowest BCUT2D eigenvalue weighted by atomic mass is 10.0. The monoisotopic (exact) mass is 459 g/mol. The van der Waals surface area contributed by atoms with E-state index in [1.165, 1.54) is 36.3 Å². The fraction of sp³-hybridized carbons (Fsp3) is 0.458. The van der Waals surface area contributed by atoms with Crippen LogP contribution in [0.15, 0.2) is 24.3 Å². The van der Waals surface area contributed by atoms with Gasteiger partial charge in [-0.2, -0.15) is 0 Å². The van der Waals surface area contributed by atoms with Crippen molar-refractivity contribution in [3.05, 3.63) is 58.2 Å². The molecule has 2 aromatic rings. The largest absolute Gasteiger partial charge is 0.464 e. The molecule has 178 valence electrons. The molecule has 1 fully saturated rings. The molecule has 1 amide bonds. The van der Waals surface area contributed by atoms with Crippen LogP contribution in [0.1, 0.15) is 42.5 Å². The molecule has 0 spiro atoms. The van der Waals surface area contributed by atoms with Gasteiger partial charge < -0.3 is 18.9 Å². The fourth-order valence-electron chi connectivity index (χ4n) is 4.17. The highest BCUT2D eigenvalue weighted by molar-refractivity contribution is 6.06. The zero-order valence-corrected chi connectivity index (χ0v) is 19.5. The van der Waals surface area contributed by atoms with Crippen molar-refractivity contribution in [1.82, 2.24) is 14.4 Å². The minimum Gasteiger partial charge on any atom is -0.464 e. The maximum absolute atomic E-state index is 13.8. The summed E-state index contributed by atoms with van der Waals surface area (Å²) < 4.78 is 25.6. The van der Waals surface area contributed by atoms with Crippen molar-refractivity contribution in [2.75, 3.05) is 53.0 Å². The van der Waals surface area contributed by atoms with E-state index in [4.69, 9.17) is 9.47 Å². The molecule has 0 aliphatic carbocycles. The normalized spacial score (nSPS) is 14.2. The third kappa shape index (κ3) is 5.48. The Morgan fingerprint density at radius 2 is 1.88 bits per heavy atom. The van der Waals surface area contributed by atoms with E-state index in [1.807, 2.05) is 0 Å². The van der Waals surface area contributed by atoms with Crippen molar-refractivity contribution in [2.45, 2.75) is 13.8 Å². The second-order valence-corrected chi connectivity index (χ2v) is 8.10. The first-order valence-electron chi connectivity index (χ1n) is 10.9. The van der Waals surface area contributed by atoms with E-state index in [2.05, 4.69) is 4.90 Å². The predicted molar refractivity (Wildman–Crippen MR) is 120 cm³/mol. The molecule has 0 radical (unpaired) electrons. The second kappa shape index (κ2) is 10.7. The van der Waals surface area contributed by atoms with E-state index in [-0.39, 0.29) is 17.9 Å². The third-order valence-electron chi connectivity index (χ3n) is 6.07. The van der Waals surface area contributed by atoms with Crippen LogP contribution in [-0.4, -0.2) is 85.1 Å². The van der Waals surface area contributed by atoms with Crippen LogP contribution in [0, 0.1) is 19.7 Å². The lowest BCUT2D eigenvalue weighted by molar-refractivity contribution is 0.0323. The Kier molecular flexibility index (Phi) is 7.99. The number of hydrogen-bond donors (Lipinski definition) is 0. The van der Waals surface area contributed by atoms with Crippen molar-refractivity contribution in [3.8, 4) is 0 Å². The van der Waals surface area contributed by atoms with Crippen LogP contribution in [0.3, 0.4) is 0 Å². The number of Topliss-reactive ketones (excluding diaryl/α,β-unsaturated/α-hetero) is 1. The second-order valence-electron chi connectivity index (χ2n) is 8.10. The summed E-state index contributed by atoms with van der Waals surface area (Å²) in [4.78, 5) is 42.4. The van der Waals surface area contributed by atoms with Gasteiger partial charge in [0.05, 0.1) is 26.9 Å². The predicted octanol–water partition coefficient (Wildman–Crippen LogP) is 2.22. The number of methoxy groups -OCH3 is 1. The highest BCUT2D eigenvalue weighted by atomic mass is 19.1. The highest BCUT2D eigenvalue weighted by Gasteiger charge is 2.28. The number of morpholine rings is 1. The van der Waals surface area contributed by atoms with Gasteiger partial charge in [-0.15, -0.1) is 0 Å². The van der Waals surface area contributed by atoms with Gasteiger partial charge in [0.2, 0.25) is 0 Å². The van der Waals surface area contributed by atoms with Crippen molar-refractivity contribution in [1.29, 1.82) is 0 Å². The number of aromatic nitrogens is 1. The van der Waals surface area contributed by atoms with E-state index >= 15 is 0 Å². The van der Waals surface area contributed by atoms with Crippen molar-refractivity contribution in [3.63, 3.8) is 0 Å². The van der Waals surface area contributed by atoms with Crippen LogP contribution in [0.4, 0.5) is 4.39 Å². The van der Waals surface area contributed by atoms with Gasteiger partial charge in [0, 0.05) is 50.0 Å². The molecular weight excluding hydrogens is 429 g/mol. The summed E-state index contributed by atoms with van der Waals surface area (Å²) in [6.45, 7) is 6.85. The molecule has 9 heteroatoms. The molecule has 0 atom stereocenters. The molecule has 2 heterocycles. The molecule has 1 aliphatic rings. The van der Waals surface area contributed by atoms with Crippen molar-refractivity contribution >= 4 is 17.7 Å². The standard InChI is InChI=1S/C24H30FN3O5/c1-16-21(17(2)26(3)22(16)24(31)32-4)20(29)15-28(9-8-27-10-12-33-13-11-27)23(30)18-6-5-7-19(25)14-18/h5-7,14H,8-13,15H2,1-4H3. The van der Waals surface area contributed by atoms with Gasteiger partial charge in [0.25, 0.3) is 5.91 Å². The summed E-state index contributed by atoms with van der Waals surface area (Å²) in [7, 11) is 2.98. The number of ether oxygens (including phenoxy) is 2. The molecule has 33 heavy (non-hydrogen) atoms. The number of carbonyl (C=O) groups is 3.